The number of aromatic nitrogens is 2. The van der Waals surface area contributed by atoms with E-state index in [1.165, 1.54) is 6.20 Å². The average molecular weight is 295 g/mol. The average Bonchev–Trinajstić information content (AvgIpc) is 2.83. The molecule has 3 N–H and O–H groups in total. The van der Waals surface area contributed by atoms with Crippen molar-refractivity contribution in [2.75, 3.05) is 0 Å². The second-order valence-corrected chi connectivity index (χ2v) is 7.48. The zero-order valence-electron chi connectivity index (χ0n) is 11.3. The predicted molar refractivity (Wildman–Crippen MR) is 74.6 cm³/mol. The topological polar surface area (TPSA) is 95.1 Å². The van der Waals surface area contributed by atoms with Crippen molar-refractivity contribution >= 4 is 21.1 Å². The minimum Gasteiger partial charge on any atom is -0.392 e. The summed E-state index contributed by atoms with van der Waals surface area (Å²) >= 11 is 0. The number of aromatic amines is 1. The van der Waals surface area contributed by atoms with Gasteiger partial charge in [0, 0.05) is 29.2 Å². The van der Waals surface area contributed by atoms with E-state index in [-0.39, 0.29) is 10.9 Å². The molecule has 2 aromatic heterocycles. The van der Waals surface area contributed by atoms with Crippen LogP contribution in [-0.2, 0) is 10.0 Å². The SMILES string of the molecule is CC1(C)C(O)CC1NS(=O)(=O)c1c[nH]c2ncccc12. The third kappa shape index (κ3) is 1.93. The van der Waals surface area contributed by atoms with Crippen molar-refractivity contribution in [3.05, 3.63) is 24.5 Å². The molecular weight excluding hydrogens is 278 g/mol. The van der Waals surface area contributed by atoms with E-state index in [4.69, 9.17) is 0 Å². The fourth-order valence-corrected chi connectivity index (χ4v) is 4.08. The molecule has 3 rings (SSSR count). The summed E-state index contributed by atoms with van der Waals surface area (Å²) < 4.78 is 27.6. The third-order valence-corrected chi connectivity index (χ3v) is 5.73. The van der Waals surface area contributed by atoms with Gasteiger partial charge in [0.05, 0.1) is 6.10 Å². The van der Waals surface area contributed by atoms with Gasteiger partial charge in [0.25, 0.3) is 0 Å². The third-order valence-electron chi connectivity index (χ3n) is 4.22. The Hall–Kier alpha value is -1.44. The van der Waals surface area contributed by atoms with Gasteiger partial charge in [0.2, 0.25) is 10.0 Å². The Balaban J connectivity index is 1.93. The van der Waals surface area contributed by atoms with Gasteiger partial charge in [0.15, 0.2) is 0 Å². The van der Waals surface area contributed by atoms with Crippen LogP contribution in [0, 0.1) is 5.41 Å². The molecule has 0 aliphatic heterocycles. The highest BCUT2D eigenvalue weighted by molar-refractivity contribution is 7.89. The van der Waals surface area contributed by atoms with Gasteiger partial charge in [-0.1, -0.05) is 13.8 Å². The summed E-state index contributed by atoms with van der Waals surface area (Å²) in [5.74, 6) is 0. The fraction of sp³-hybridized carbons (Fsp3) is 0.462. The standard InChI is InChI=1S/C13H17N3O3S/c1-13(2)10(6-11(13)17)16-20(18,19)9-7-15-12-8(9)4-3-5-14-12/h3-5,7,10-11,16-17H,6H2,1-2H3,(H,14,15). The Labute approximate surface area is 117 Å². The molecule has 0 saturated heterocycles. The quantitative estimate of drug-likeness (QED) is 0.787. The van der Waals surface area contributed by atoms with Gasteiger partial charge in [-0.15, -0.1) is 0 Å². The normalized spacial score (nSPS) is 25.6. The zero-order valence-corrected chi connectivity index (χ0v) is 12.1. The molecule has 1 aliphatic rings. The van der Waals surface area contributed by atoms with Crippen molar-refractivity contribution in [2.45, 2.75) is 37.3 Å². The number of fused-ring (bicyclic) bond motifs is 1. The van der Waals surface area contributed by atoms with E-state index >= 15 is 0 Å². The lowest BCUT2D eigenvalue weighted by Gasteiger charge is -2.49. The largest absolute Gasteiger partial charge is 0.392 e. The molecule has 2 aromatic rings. The van der Waals surface area contributed by atoms with E-state index < -0.39 is 21.5 Å². The van der Waals surface area contributed by atoms with Crippen molar-refractivity contribution in [3.8, 4) is 0 Å². The maximum absolute atomic E-state index is 12.5. The van der Waals surface area contributed by atoms with Crippen LogP contribution >= 0.6 is 0 Å². The second-order valence-electron chi connectivity index (χ2n) is 5.80. The van der Waals surface area contributed by atoms with Crippen LogP contribution in [-0.4, -0.2) is 35.6 Å². The molecule has 2 heterocycles. The Morgan fingerprint density at radius 3 is 2.90 bits per heavy atom. The molecule has 0 amide bonds. The first kappa shape index (κ1) is 13.5. The molecule has 1 saturated carbocycles. The van der Waals surface area contributed by atoms with E-state index in [9.17, 15) is 13.5 Å². The van der Waals surface area contributed by atoms with Gasteiger partial charge in [0.1, 0.15) is 10.5 Å². The summed E-state index contributed by atoms with van der Waals surface area (Å²) in [4.78, 5) is 7.13. The van der Waals surface area contributed by atoms with Crippen molar-refractivity contribution in [1.82, 2.24) is 14.7 Å². The van der Waals surface area contributed by atoms with Crippen molar-refractivity contribution in [3.63, 3.8) is 0 Å². The summed E-state index contributed by atoms with van der Waals surface area (Å²) in [6, 6.07) is 3.16. The molecular formula is C13H17N3O3S. The maximum Gasteiger partial charge on any atom is 0.243 e. The molecule has 0 aromatic carbocycles. The van der Waals surface area contributed by atoms with Gasteiger partial charge in [-0.2, -0.15) is 0 Å². The number of sulfonamides is 1. The highest BCUT2D eigenvalue weighted by Crippen LogP contribution is 2.41. The Bertz CT molecular complexity index is 751. The molecule has 0 bridgehead atoms. The lowest BCUT2D eigenvalue weighted by atomic mass is 9.65. The molecule has 20 heavy (non-hydrogen) atoms. The molecule has 7 heteroatoms. The van der Waals surface area contributed by atoms with Crippen LogP contribution in [0.25, 0.3) is 11.0 Å². The first-order chi connectivity index (χ1) is 9.32. The number of nitrogens with zero attached hydrogens (tertiary/aromatic N) is 1. The maximum atomic E-state index is 12.5. The number of nitrogens with one attached hydrogen (secondary N) is 2. The van der Waals surface area contributed by atoms with E-state index in [0.717, 1.165) is 0 Å². The van der Waals surface area contributed by atoms with Crippen LogP contribution in [0.3, 0.4) is 0 Å². The van der Waals surface area contributed by atoms with Gasteiger partial charge < -0.3 is 10.1 Å². The molecule has 2 unspecified atom stereocenters. The molecule has 6 nitrogen and oxygen atoms in total. The molecule has 0 spiro atoms. The van der Waals surface area contributed by atoms with Crippen molar-refractivity contribution < 1.29 is 13.5 Å². The number of rotatable bonds is 3. The smallest absolute Gasteiger partial charge is 0.243 e. The Morgan fingerprint density at radius 2 is 2.25 bits per heavy atom. The minimum absolute atomic E-state index is 0.192. The van der Waals surface area contributed by atoms with Crippen LogP contribution in [0.4, 0.5) is 0 Å². The molecule has 108 valence electrons. The first-order valence-corrected chi connectivity index (χ1v) is 7.93. The summed E-state index contributed by atoms with van der Waals surface area (Å²) in [5.41, 5.74) is 0.0954. The summed E-state index contributed by atoms with van der Waals surface area (Å²) in [6.45, 7) is 3.70. The molecule has 1 fully saturated rings. The Morgan fingerprint density at radius 1 is 1.50 bits per heavy atom. The molecule has 0 radical (unpaired) electrons. The van der Waals surface area contributed by atoms with E-state index in [0.29, 0.717) is 17.5 Å². The number of aliphatic hydroxyl groups excluding tert-OH is 1. The lowest BCUT2D eigenvalue weighted by molar-refractivity contribution is -0.0645. The zero-order chi connectivity index (χ0) is 14.5. The van der Waals surface area contributed by atoms with Crippen molar-refractivity contribution in [1.29, 1.82) is 0 Å². The number of aliphatic hydroxyl groups is 1. The summed E-state index contributed by atoms with van der Waals surface area (Å²) in [5, 5.41) is 10.3. The fourth-order valence-electron chi connectivity index (χ4n) is 2.51. The van der Waals surface area contributed by atoms with Crippen LogP contribution < -0.4 is 4.72 Å². The van der Waals surface area contributed by atoms with Crippen LogP contribution in [0.1, 0.15) is 20.3 Å². The van der Waals surface area contributed by atoms with Gasteiger partial charge >= 0.3 is 0 Å². The number of hydrogen-bond donors (Lipinski definition) is 3. The lowest BCUT2D eigenvalue weighted by Crippen LogP contribution is -2.61. The minimum atomic E-state index is -3.63. The molecule has 2 atom stereocenters. The van der Waals surface area contributed by atoms with E-state index in [1.807, 2.05) is 13.8 Å². The monoisotopic (exact) mass is 295 g/mol. The van der Waals surface area contributed by atoms with Gasteiger partial charge in [-0.25, -0.2) is 18.1 Å². The second kappa shape index (κ2) is 4.28. The summed E-state index contributed by atoms with van der Waals surface area (Å²) in [6.07, 6.45) is 3.02. The van der Waals surface area contributed by atoms with E-state index in [1.54, 1.807) is 18.3 Å². The molecule has 1 aliphatic carbocycles. The number of H-pyrrole nitrogens is 1. The number of hydrogen-bond acceptors (Lipinski definition) is 4. The van der Waals surface area contributed by atoms with Crippen LogP contribution in [0.2, 0.25) is 0 Å². The van der Waals surface area contributed by atoms with Gasteiger partial charge in [-0.05, 0) is 18.6 Å². The van der Waals surface area contributed by atoms with E-state index in [2.05, 4.69) is 14.7 Å². The van der Waals surface area contributed by atoms with Crippen LogP contribution in [0.5, 0.6) is 0 Å². The number of pyridine rings is 1. The highest BCUT2D eigenvalue weighted by atomic mass is 32.2. The van der Waals surface area contributed by atoms with Crippen molar-refractivity contribution in [2.24, 2.45) is 5.41 Å². The predicted octanol–water partition coefficient (Wildman–Crippen LogP) is 1.00. The van der Waals surface area contributed by atoms with Gasteiger partial charge in [-0.3, -0.25) is 0 Å². The first-order valence-electron chi connectivity index (χ1n) is 6.45. The van der Waals surface area contributed by atoms with Crippen LogP contribution in [0.15, 0.2) is 29.4 Å². The highest BCUT2D eigenvalue weighted by Gasteiger charge is 2.49. The Kier molecular flexibility index (Phi) is 2.89. The summed E-state index contributed by atoms with van der Waals surface area (Å²) in [7, 11) is -3.63.